The first-order valence-electron chi connectivity index (χ1n) is 6.51. The normalized spacial score (nSPS) is 12.1. The van der Waals surface area contributed by atoms with Gasteiger partial charge in [0.15, 0.2) is 6.04 Å². The zero-order valence-corrected chi connectivity index (χ0v) is 11.7. The molecule has 1 atom stereocenters. The first-order valence-corrected chi connectivity index (χ1v) is 6.51. The Morgan fingerprint density at radius 2 is 1.70 bits per heavy atom. The Kier molecular flexibility index (Phi) is 4.52. The SMILES string of the molecule is Cc1ccccc1/C=N/NC(C#N)c1ccccc1C. The molecular weight excluding hydrogens is 246 g/mol. The van der Waals surface area contributed by atoms with E-state index < -0.39 is 6.04 Å². The largest absolute Gasteiger partial charge is 0.288 e. The van der Waals surface area contributed by atoms with E-state index in [9.17, 15) is 5.26 Å². The first kappa shape index (κ1) is 13.8. The van der Waals surface area contributed by atoms with Crippen LogP contribution in [-0.4, -0.2) is 6.21 Å². The van der Waals surface area contributed by atoms with Crippen LogP contribution in [0.1, 0.15) is 28.3 Å². The van der Waals surface area contributed by atoms with Crippen LogP contribution in [0.15, 0.2) is 53.6 Å². The van der Waals surface area contributed by atoms with Crippen molar-refractivity contribution in [1.82, 2.24) is 5.43 Å². The van der Waals surface area contributed by atoms with Gasteiger partial charge in [0.25, 0.3) is 0 Å². The molecule has 0 saturated carbocycles. The molecule has 0 aromatic heterocycles. The minimum atomic E-state index is -0.434. The third kappa shape index (κ3) is 3.24. The second-order valence-corrected chi connectivity index (χ2v) is 4.66. The maximum Gasteiger partial charge on any atom is 0.155 e. The lowest BCUT2D eigenvalue weighted by Gasteiger charge is -2.11. The van der Waals surface area contributed by atoms with Gasteiger partial charge in [0.05, 0.1) is 12.3 Å². The number of rotatable bonds is 4. The van der Waals surface area contributed by atoms with Gasteiger partial charge in [0.1, 0.15) is 0 Å². The van der Waals surface area contributed by atoms with Crippen molar-refractivity contribution in [3.05, 3.63) is 70.8 Å². The van der Waals surface area contributed by atoms with Crippen LogP contribution in [0.3, 0.4) is 0 Å². The van der Waals surface area contributed by atoms with Crippen LogP contribution in [0.25, 0.3) is 0 Å². The van der Waals surface area contributed by atoms with Crippen LogP contribution in [0.4, 0.5) is 0 Å². The van der Waals surface area contributed by atoms with E-state index in [-0.39, 0.29) is 0 Å². The fourth-order valence-electron chi connectivity index (χ4n) is 1.99. The molecule has 0 heterocycles. The summed E-state index contributed by atoms with van der Waals surface area (Å²) in [5, 5.41) is 13.5. The standard InChI is InChI=1S/C17H17N3/c1-13-7-3-5-9-15(13)12-19-20-17(11-18)16-10-6-4-8-14(16)2/h3-10,12,17,20H,1-2H3/b19-12+. The summed E-state index contributed by atoms with van der Waals surface area (Å²) in [6, 6.07) is 17.6. The summed E-state index contributed by atoms with van der Waals surface area (Å²) >= 11 is 0. The molecule has 20 heavy (non-hydrogen) atoms. The number of nitrogens with one attached hydrogen (secondary N) is 1. The Hall–Kier alpha value is -2.60. The maximum atomic E-state index is 9.27. The number of nitriles is 1. The molecule has 0 bridgehead atoms. The van der Waals surface area contributed by atoms with Gasteiger partial charge in [-0.25, -0.2) is 0 Å². The topological polar surface area (TPSA) is 48.2 Å². The monoisotopic (exact) mass is 263 g/mol. The second kappa shape index (κ2) is 6.53. The molecule has 0 amide bonds. The molecule has 0 radical (unpaired) electrons. The van der Waals surface area contributed by atoms with Gasteiger partial charge in [0, 0.05) is 0 Å². The molecule has 3 nitrogen and oxygen atoms in total. The molecule has 2 rings (SSSR count). The number of benzene rings is 2. The van der Waals surface area contributed by atoms with E-state index in [2.05, 4.69) is 16.6 Å². The second-order valence-electron chi connectivity index (χ2n) is 4.66. The Bertz CT molecular complexity index is 653. The summed E-state index contributed by atoms with van der Waals surface area (Å²) in [5.41, 5.74) is 7.15. The van der Waals surface area contributed by atoms with E-state index in [1.807, 2.05) is 62.4 Å². The highest BCUT2D eigenvalue weighted by molar-refractivity contribution is 5.81. The number of hydrogen-bond acceptors (Lipinski definition) is 3. The minimum absolute atomic E-state index is 0.434. The summed E-state index contributed by atoms with van der Waals surface area (Å²) in [7, 11) is 0. The fraction of sp³-hybridized carbons (Fsp3) is 0.176. The van der Waals surface area contributed by atoms with Gasteiger partial charge in [-0.3, -0.25) is 5.43 Å². The molecule has 0 aliphatic heterocycles. The Morgan fingerprint density at radius 3 is 2.35 bits per heavy atom. The van der Waals surface area contributed by atoms with E-state index in [0.29, 0.717) is 0 Å². The molecular formula is C17H17N3. The zero-order valence-electron chi connectivity index (χ0n) is 11.7. The van der Waals surface area contributed by atoms with Gasteiger partial charge in [-0.1, -0.05) is 48.5 Å². The van der Waals surface area contributed by atoms with E-state index in [1.165, 1.54) is 0 Å². The zero-order chi connectivity index (χ0) is 14.4. The van der Waals surface area contributed by atoms with Crippen LogP contribution < -0.4 is 5.43 Å². The number of hydrazone groups is 1. The van der Waals surface area contributed by atoms with E-state index >= 15 is 0 Å². The van der Waals surface area contributed by atoms with Crippen LogP contribution in [-0.2, 0) is 0 Å². The number of hydrogen-bond donors (Lipinski definition) is 1. The van der Waals surface area contributed by atoms with Gasteiger partial charge in [-0.05, 0) is 36.1 Å². The summed E-state index contributed by atoms with van der Waals surface area (Å²) in [6.45, 7) is 4.02. The summed E-state index contributed by atoms with van der Waals surface area (Å²) < 4.78 is 0. The van der Waals surface area contributed by atoms with E-state index in [1.54, 1.807) is 6.21 Å². The molecule has 0 aliphatic carbocycles. The van der Waals surface area contributed by atoms with Crippen LogP contribution in [0, 0.1) is 25.2 Å². The Morgan fingerprint density at radius 1 is 1.05 bits per heavy atom. The quantitative estimate of drug-likeness (QED) is 0.678. The first-order chi connectivity index (χ1) is 9.72. The maximum absolute atomic E-state index is 9.27. The lowest BCUT2D eigenvalue weighted by Crippen LogP contribution is -2.15. The van der Waals surface area contributed by atoms with Gasteiger partial charge in [-0.15, -0.1) is 0 Å². The minimum Gasteiger partial charge on any atom is -0.288 e. The smallest absolute Gasteiger partial charge is 0.155 e. The van der Waals surface area contributed by atoms with Crippen molar-refractivity contribution >= 4 is 6.21 Å². The van der Waals surface area contributed by atoms with Crippen molar-refractivity contribution in [3.63, 3.8) is 0 Å². The van der Waals surface area contributed by atoms with E-state index in [0.717, 1.165) is 22.3 Å². The van der Waals surface area contributed by atoms with Gasteiger partial charge >= 0.3 is 0 Å². The lowest BCUT2D eigenvalue weighted by molar-refractivity contribution is 0.669. The predicted octanol–water partition coefficient (Wildman–Crippen LogP) is 3.49. The molecule has 0 spiro atoms. The van der Waals surface area contributed by atoms with Crippen molar-refractivity contribution in [2.45, 2.75) is 19.9 Å². The van der Waals surface area contributed by atoms with Crippen LogP contribution in [0.5, 0.6) is 0 Å². The fourth-order valence-corrected chi connectivity index (χ4v) is 1.99. The Labute approximate surface area is 119 Å². The average Bonchev–Trinajstić information content (AvgIpc) is 2.46. The number of nitrogens with zero attached hydrogens (tertiary/aromatic N) is 2. The predicted molar refractivity (Wildman–Crippen MR) is 81.4 cm³/mol. The Balaban J connectivity index is 2.11. The molecule has 0 fully saturated rings. The molecule has 1 N–H and O–H groups in total. The van der Waals surface area contributed by atoms with Gasteiger partial charge < -0.3 is 0 Å². The highest BCUT2D eigenvalue weighted by atomic mass is 15.3. The van der Waals surface area contributed by atoms with Crippen LogP contribution >= 0.6 is 0 Å². The van der Waals surface area contributed by atoms with E-state index in [4.69, 9.17) is 0 Å². The molecule has 0 saturated heterocycles. The van der Waals surface area contributed by atoms with Crippen molar-refractivity contribution in [2.75, 3.05) is 0 Å². The highest BCUT2D eigenvalue weighted by Crippen LogP contribution is 2.16. The molecule has 2 aromatic rings. The highest BCUT2D eigenvalue weighted by Gasteiger charge is 2.10. The van der Waals surface area contributed by atoms with Gasteiger partial charge in [-0.2, -0.15) is 10.4 Å². The molecule has 100 valence electrons. The third-order valence-corrected chi connectivity index (χ3v) is 3.22. The van der Waals surface area contributed by atoms with Crippen molar-refractivity contribution in [2.24, 2.45) is 5.10 Å². The summed E-state index contributed by atoms with van der Waals surface area (Å²) in [5.74, 6) is 0. The molecule has 3 heteroatoms. The van der Waals surface area contributed by atoms with Crippen LogP contribution in [0.2, 0.25) is 0 Å². The molecule has 0 aliphatic rings. The van der Waals surface area contributed by atoms with Crippen molar-refractivity contribution in [3.8, 4) is 6.07 Å². The lowest BCUT2D eigenvalue weighted by atomic mass is 10.0. The third-order valence-electron chi connectivity index (χ3n) is 3.22. The number of aryl methyl sites for hydroxylation is 2. The van der Waals surface area contributed by atoms with Gasteiger partial charge in [0.2, 0.25) is 0 Å². The summed E-state index contributed by atoms with van der Waals surface area (Å²) in [4.78, 5) is 0. The summed E-state index contributed by atoms with van der Waals surface area (Å²) in [6.07, 6.45) is 1.75. The molecule has 2 aromatic carbocycles. The molecule has 1 unspecified atom stereocenters. The van der Waals surface area contributed by atoms with Crippen molar-refractivity contribution < 1.29 is 0 Å². The van der Waals surface area contributed by atoms with Crippen molar-refractivity contribution in [1.29, 1.82) is 5.26 Å². The average molecular weight is 263 g/mol.